The number of nitrogens with one attached hydrogen (secondary N) is 2. The van der Waals surface area contributed by atoms with Crippen LogP contribution in [-0.4, -0.2) is 22.4 Å². The van der Waals surface area contributed by atoms with Crippen LogP contribution in [0.5, 0.6) is 0 Å². The maximum atomic E-state index is 12.3. The van der Waals surface area contributed by atoms with E-state index in [2.05, 4.69) is 27.5 Å². The molecule has 0 fully saturated rings. The van der Waals surface area contributed by atoms with Crippen LogP contribution in [0.4, 0.5) is 10.9 Å². The third kappa shape index (κ3) is 4.01. The van der Waals surface area contributed by atoms with Gasteiger partial charge in [0.15, 0.2) is 5.13 Å². The topological polar surface area (TPSA) is 66.9 Å². The maximum Gasteiger partial charge on any atom is 0.257 e. The van der Waals surface area contributed by atoms with E-state index in [-0.39, 0.29) is 5.91 Å². The maximum absolute atomic E-state index is 12.3. The standard InChI is InChI=1S/C15H20N4OS/c1-5-6-16-13-8-12(7-9(2)17-13)14(20)19-15-18-10(3)11(4)21-15/h7-8H,5-6H2,1-4H3,(H,16,17)(H,18,19,20). The van der Waals surface area contributed by atoms with Crippen LogP contribution in [0.25, 0.3) is 0 Å². The number of rotatable bonds is 5. The molecule has 1 amide bonds. The van der Waals surface area contributed by atoms with Crippen LogP contribution in [0, 0.1) is 20.8 Å². The Kier molecular flexibility index (Phi) is 4.90. The molecule has 0 radical (unpaired) electrons. The molecule has 0 aliphatic carbocycles. The normalized spacial score (nSPS) is 10.5. The molecule has 2 aromatic heterocycles. The molecular weight excluding hydrogens is 284 g/mol. The van der Waals surface area contributed by atoms with Crippen LogP contribution < -0.4 is 10.6 Å². The minimum absolute atomic E-state index is 0.159. The van der Waals surface area contributed by atoms with Crippen LogP contribution in [0.1, 0.15) is 40.0 Å². The molecule has 0 bridgehead atoms. The molecule has 2 rings (SSSR count). The summed E-state index contributed by atoms with van der Waals surface area (Å²) in [6.07, 6.45) is 1.01. The fourth-order valence-corrected chi connectivity index (χ4v) is 2.65. The Labute approximate surface area is 128 Å². The number of anilines is 2. The number of thiazole rings is 1. The second-order valence-electron chi connectivity index (χ2n) is 4.92. The fraction of sp³-hybridized carbons (Fsp3) is 0.400. The van der Waals surface area contributed by atoms with Crippen molar-refractivity contribution in [3.63, 3.8) is 0 Å². The van der Waals surface area contributed by atoms with Crippen LogP contribution in [0.3, 0.4) is 0 Å². The number of aromatic nitrogens is 2. The lowest BCUT2D eigenvalue weighted by Gasteiger charge is -2.08. The minimum atomic E-state index is -0.159. The van der Waals surface area contributed by atoms with Crippen molar-refractivity contribution in [1.29, 1.82) is 0 Å². The summed E-state index contributed by atoms with van der Waals surface area (Å²) < 4.78 is 0. The van der Waals surface area contributed by atoms with Crippen molar-refractivity contribution in [2.45, 2.75) is 34.1 Å². The first-order valence-electron chi connectivity index (χ1n) is 6.97. The number of aryl methyl sites for hydroxylation is 3. The monoisotopic (exact) mass is 304 g/mol. The molecule has 0 aliphatic rings. The van der Waals surface area contributed by atoms with Gasteiger partial charge in [-0.25, -0.2) is 9.97 Å². The van der Waals surface area contributed by atoms with Gasteiger partial charge in [-0.3, -0.25) is 10.1 Å². The molecule has 0 aliphatic heterocycles. The number of hydrogen-bond acceptors (Lipinski definition) is 5. The van der Waals surface area contributed by atoms with Gasteiger partial charge in [0.25, 0.3) is 5.91 Å². The molecule has 112 valence electrons. The van der Waals surface area contributed by atoms with Crippen molar-refractivity contribution in [2.24, 2.45) is 0 Å². The molecule has 0 aromatic carbocycles. The van der Waals surface area contributed by atoms with E-state index in [1.54, 1.807) is 12.1 Å². The molecule has 2 aromatic rings. The van der Waals surface area contributed by atoms with Gasteiger partial charge in [0.2, 0.25) is 0 Å². The van der Waals surface area contributed by atoms with Gasteiger partial charge < -0.3 is 5.32 Å². The molecule has 2 heterocycles. The average Bonchev–Trinajstić information content (AvgIpc) is 2.74. The highest BCUT2D eigenvalue weighted by atomic mass is 32.1. The zero-order chi connectivity index (χ0) is 15.4. The van der Waals surface area contributed by atoms with Gasteiger partial charge in [-0.1, -0.05) is 6.92 Å². The van der Waals surface area contributed by atoms with E-state index in [0.717, 1.165) is 35.0 Å². The predicted molar refractivity (Wildman–Crippen MR) is 87.3 cm³/mol. The van der Waals surface area contributed by atoms with E-state index in [4.69, 9.17) is 0 Å². The summed E-state index contributed by atoms with van der Waals surface area (Å²) in [5.41, 5.74) is 2.35. The zero-order valence-corrected chi connectivity index (χ0v) is 13.6. The Bertz CT molecular complexity index is 632. The summed E-state index contributed by atoms with van der Waals surface area (Å²) in [4.78, 5) is 22.1. The number of pyridine rings is 1. The molecule has 2 N–H and O–H groups in total. The van der Waals surface area contributed by atoms with Crippen LogP contribution in [0.2, 0.25) is 0 Å². The Morgan fingerprint density at radius 1 is 1.24 bits per heavy atom. The molecule has 6 heteroatoms. The second-order valence-corrected chi connectivity index (χ2v) is 6.13. The molecule has 5 nitrogen and oxygen atoms in total. The first-order chi connectivity index (χ1) is 9.99. The van der Waals surface area contributed by atoms with Gasteiger partial charge in [0.1, 0.15) is 5.82 Å². The summed E-state index contributed by atoms with van der Waals surface area (Å²) in [6.45, 7) is 8.73. The summed E-state index contributed by atoms with van der Waals surface area (Å²) in [5, 5.41) is 6.68. The molecule has 0 atom stereocenters. The Balaban J connectivity index is 2.16. The Morgan fingerprint density at radius 2 is 2.00 bits per heavy atom. The highest BCUT2D eigenvalue weighted by molar-refractivity contribution is 7.15. The Morgan fingerprint density at radius 3 is 2.62 bits per heavy atom. The molecular formula is C15H20N4OS. The first kappa shape index (κ1) is 15.4. The van der Waals surface area contributed by atoms with Crippen molar-refractivity contribution >= 4 is 28.2 Å². The van der Waals surface area contributed by atoms with E-state index in [1.165, 1.54) is 11.3 Å². The van der Waals surface area contributed by atoms with Crippen molar-refractivity contribution in [1.82, 2.24) is 9.97 Å². The zero-order valence-electron chi connectivity index (χ0n) is 12.8. The largest absolute Gasteiger partial charge is 0.370 e. The highest BCUT2D eigenvalue weighted by Gasteiger charge is 2.12. The van der Waals surface area contributed by atoms with Crippen molar-refractivity contribution in [3.8, 4) is 0 Å². The van der Waals surface area contributed by atoms with Gasteiger partial charge >= 0.3 is 0 Å². The van der Waals surface area contributed by atoms with E-state index in [1.807, 2.05) is 20.8 Å². The number of carbonyl (C=O) groups excluding carboxylic acids is 1. The lowest BCUT2D eigenvalue weighted by molar-refractivity contribution is 0.102. The average molecular weight is 304 g/mol. The van der Waals surface area contributed by atoms with Gasteiger partial charge in [-0.05, 0) is 39.3 Å². The quantitative estimate of drug-likeness (QED) is 0.886. The first-order valence-corrected chi connectivity index (χ1v) is 7.79. The summed E-state index contributed by atoms with van der Waals surface area (Å²) in [7, 11) is 0. The predicted octanol–water partition coefficient (Wildman–Crippen LogP) is 3.54. The number of carbonyl (C=O) groups is 1. The van der Waals surface area contributed by atoms with E-state index in [0.29, 0.717) is 10.7 Å². The highest BCUT2D eigenvalue weighted by Crippen LogP contribution is 2.22. The number of nitrogens with zero attached hydrogens (tertiary/aromatic N) is 2. The summed E-state index contributed by atoms with van der Waals surface area (Å²) in [6, 6.07) is 3.55. The third-order valence-electron chi connectivity index (χ3n) is 3.02. The molecule has 0 unspecified atom stereocenters. The minimum Gasteiger partial charge on any atom is -0.370 e. The van der Waals surface area contributed by atoms with Crippen molar-refractivity contribution in [2.75, 3.05) is 17.2 Å². The van der Waals surface area contributed by atoms with Gasteiger partial charge in [-0.2, -0.15) is 0 Å². The summed E-state index contributed by atoms with van der Waals surface area (Å²) in [5.74, 6) is 0.572. The Hall–Kier alpha value is -1.95. The van der Waals surface area contributed by atoms with Crippen LogP contribution in [-0.2, 0) is 0 Å². The summed E-state index contributed by atoms with van der Waals surface area (Å²) >= 11 is 1.49. The second kappa shape index (κ2) is 6.67. The van der Waals surface area contributed by atoms with Gasteiger partial charge in [0.05, 0.1) is 5.69 Å². The fourth-order valence-electron chi connectivity index (χ4n) is 1.84. The lowest BCUT2D eigenvalue weighted by Crippen LogP contribution is -2.13. The number of hydrogen-bond donors (Lipinski definition) is 2. The third-order valence-corrected chi connectivity index (χ3v) is 4.01. The SMILES string of the molecule is CCCNc1cc(C(=O)Nc2nc(C)c(C)s2)cc(C)n1. The lowest BCUT2D eigenvalue weighted by atomic mass is 10.2. The van der Waals surface area contributed by atoms with E-state index >= 15 is 0 Å². The molecule has 0 spiro atoms. The molecule has 21 heavy (non-hydrogen) atoms. The van der Waals surface area contributed by atoms with Crippen LogP contribution >= 0.6 is 11.3 Å². The smallest absolute Gasteiger partial charge is 0.257 e. The van der Waals surface area contributed by atoms with Gasteiger partial charge in [0, 0.05) is 22.7 Å². The van der Waals surface area contributed by atoms with Crippen molar-refractivity contribution in [3.05, 3.63) is 34.0 Å². The van der Waals surface area contributed by atoms with Gasteiger partial charge in [-0.15, -0.1) is 11.3 Å². The molecule has 0 saturated heterocycles. The molecule has 0 saturated carbocycles. The van der Waals surface area contributed by atoms with Crippen molar-refractivity contribution < 1.29 is 4.79 Å². The van der Waals surface area contributed by atoms with E-state index in [9.17, 15) is 4.79 Å². The van der Waals surface area contributed by atoms with E-state index < -0.39 is 0 Å². The number of amides is 1. The van der Waals surface area contributed by atoms with Crippen LogP contribution in [0.15, 0.2) is 12.1 Å².